The molecule has 0 bridgehead atoms. The third kappa shape index (κ3) is 5.56. The van der Waals surface area contributed by atoms with Crippen molar-refractivity contribution >= 4 is 40.4 Å². The fourth-order valence-corrected chi connectivity index (χ4v) is 2.80. The molecule has 25 heavy (non-hydrogen) atoms. The summed E-state index contributed by atoms with van der Waals surface area (Å²) < 4.78 is 5.91. The minimum absolute atomic E-state index is 0.311. The molecule has 0 aromatic heterocycles. The molecule has 2 amide bonds. The molecule has 2 aromatic rings. The Morgan fingerprint density at radius 2 is 1.76 bits per heavy atom. The highest BCUT2D eigenvalue weighted by atomic mass is 127. The van der Waals surface area contributed by atoms with Crippen LogP contribution in [0.1, 0.15) is 22.8 Å². The van der Waals surface area contributed by atoms with Crippen molar-refractivity contribution in [3.8, 4) is 5.75 Å². The third-order valence-electron chi connectivity index (χ3n) is 3.41. The number of carbonyl (C=O) groups excluding carboxylic acids is 3. The molecule has 130 valence electrons. The van der Waals surface area contributed by atoms with Gasteiger partial charge in [-0.3, -0.25) is 14.4 Å². The molecule has 0 spiro atoms. The zero-order valence-corrected chi connectivity index (χ0v) is 15.6. The van der Waals surface area contributed by atoms with Crippen LogP contribution >= 0.6 is 22.6 Å². The van der Waals surface area contributed by atoms with E-state index in [4.69, 9.17) is 10.5 Å². The van der Waals surface area contributed by atoms with Gasteiger partial charge in [-0.2, -0.15) is 0 Å². The summed E-state index contributed by atoms with van der Waals surface area (Å²) in [5, 5.41) is 2.64. The Bertz CT molecular complexity index is 790. The Labute approximate surface area is 158 Å². The van der Waals surface area contributed by atoms with Crippen molar-refractivity contribution in [3.63, 3.8) is 0 Å². The average Bonchev–Trinajstić information content (AvgIpc) is 2.56. The maximum atomic E-state index is 12.3. The molecule has 6 nitrogen and oxygen atoms in total. The molecule has 0 radical (unpaired) electrons. The van der Waals surface area contributed by atoms with Gasteiger partial charge in [0.2, 0.25) is 5.91 Å². The highest BCUT2D eigenvalue weighted by molar-refractivity contribution is 14.1. The van der Waals surface area contributed by atoms with Crippen molar-refractivity contribution in [2.24, 2.45) is 5.73 Å². The molecule has 0 saturated carbocycles. The van der Waals surface area contributed by atoms with E-state index in [0.29, 0.717) is 17.7 Å². The summed E-state index contributed by atoms with van der Waals surface area (Å²) in [4.78, 5) is 34.9. The number of hydrogen-bond donors (Lipinski definition) is 2. The molecular formula is C18H17IN2O4. The van der Waals surface area contributed by atoms with Crippen LogP contribution in [-0.2, 0) is 16.0 Å². The lowest BCUT2D eigenvalue weighted by atomic mass is 10.0. The van der Waals surface area contributed by atoms with Crippen molar-refractivity contribution in [1.29, 1.82) is 0 Å². The number of nitrogens with two attached hydrogens (primary N) is 1. The number of halogens is 1. The van der Waals surface area contributed by atoms with Crippen LogP contribution in [0.2, 0.25) is 0 Å². The van der Waals surface area contributed by atoms with Gasteiger partial charge in [0.05, 0.1) is 0 Å². The van der Waals surface area contributed by atoms with E-state index in [1.54, 1.807) is 0 Å². The summed E-state index contributed by atoms with van der Waals surface area (Å²) in [5.74, 6) is -1.13. The standard InChI is InChI=1S/C18H17IN2O4/c1-11(22)25-14-8-6-12(7-9-14)18(24)21-16(17(20)23)10-13-4-2-3-5-15(13)19/h2-9,16H,10H2,1H3,(H2,20,23)(H,21,24)/t16-/m1/s1. The Hall–Kier alpha value is -2.42. The van der Waals surface area contributed by atoms with Crippen LogP contribution < -0.4 is 15.8 Å². The van der Waals surface area contributed by atoms with Crippen LogP contribution in [0.4, 0.5) is 0 Å². The summed E-state index contributed by atoms with van der Waals surface area (Å²) >= 11 is 2.17. The predicted octanol–water partition coefficient (Wildman–Crippen LogP) is 2.04. The van der Waals surface area contributed by atoms with Gasteiger partial charge >= 0.3 is 5.97 Å². The van der Waals surface area contributed by atoms with E-state index in [1.807, 2.05) is 24.3 Å². The number of rotatable bonds is 6. The van der Waals surface area contributed by atoms with Gasteiger partial charge in [-0.15, -0.1) is 0 Å². The summed E-state index contributed by atoms with van der Waals surface area (Å²) in [6, 6.07) is 12.8. The van der Waals surface area contributed by atoms with Gasteiger partial charge in [0.1, 0.15) is 11.8 Å². The molecule has 2 aromatic carbocycles. The SMILES string of the molecule is CC(=O)Oc1ccc(C(=O)N[C@H](Cc2ccccc2I)C(N)=O)cc1. The lowest BCUT2D eigenvalue weighted by molar-refractivity contribution is -0.131. The van der Waals surface area contributed by atoms with Gasteiger partial charge in [0.25, 0.3) is 5.91 Å². The maximum absolute atomic E-state index is 12.3. The van der Waals surface area contributed by atoms with Crippen LogP contribution in [0.5, 0.6) is 5.75 Å². The smallest absolute Gasteiger partial charge is 0.308 e. The van der Waals surface area contributed by atoms with E-state index >= 15 is 0 Å². The Kier molecular flexibility index (Phi) is 6.51. The molecule has 0 aliphatic rings. The minimum atomic E-state index is -0.823. The second-order valence-corrected chi connectivity index (χ2v) is 6.50. The number of ether oxygens (including phenoxy) is 1. The van der Waals surface area contributed by atoms with Crippen molar-refractivity contribution < 1.29 is 19.1 Å². The molecule has 2 rings (SSSR count). The lowest BCUT2D eigenvalue weighted by Gasteiger charge is -2.16. The minimum Gasteiger partial charge on any atom is -0.427 e. The monoisotopic (exact) mass is 452 g/mol. The molecular weight excluding hydrogens is 435 g/mol. The van der Waals surface area contributed by atoms with Gasteiger partial charge in [0, 0.05) is 22.5 Å². The quantitative estimate of drug-likeness (QED) is 0.398. The number of esters is 1. The first kappa shape index (κ1) is 18.9. The van der Waals surface area contributed by atoms with Gasteiger partial charge in [-0.1, -0.05) is 18.2 Å². The lowest BCUT2D eigenvalue weighted by Crippen LogP contribution is -2.46. The summed E-state index contributed by atoms with van der Waals surface area (Å²) in [6.45, 7) is 1.29. The van der Waals surface area contributed by atoms with E-state index in [1.165, 1.54) is 31.2 Å². The Balaban J connectivity index is 2.08. The summed E-state index contributed by atoms with van der Waals surface area (Å²) in [5.41, 5.74) is 6.69. The topological polar surface area (TPSA) is 98.5 Å². The van der Waals surface area contributed by atoms with Gasteiger partial charge in [-0.05, 0) is 58.5 Å². The van der Waals surface area contributed by atoms with E-state index in [9.17, 15) is 14.4 Å². The number of carbonyl (C=O) groups is 3. The fraction of sp³-hybridized carbons (Fsp3) is 0.167. The molecule has 3 N–H and O–H groups in total. The van der Waals surface area contributed by atoms with E-state index in [-0.39, 0.29) is 0 Å². The van der Waals surface area contributed by atoms with E-state index < -0.39 is 23.8 Å². The molecule has 0 saturated heterocycles. The van der Waals surface area contributed by atoms with Crippen LogP contribution in [0.25, 0.3) is 0 Å². The summed E-state index contributed by atoms with van der Waals surface area (Å²) in [6.07, 6.45) is 0.311. The van der Waals surface area contributed by atoms with Crippen LogP contribution in [0, 0.1) is 3.57 Å². The van der Waals surface area contributed by atoms with Crippen molar-refractivity contribution in [1.82, 2.24) is 5.32 Å². The number of benzene rings is 2. The number of primary amides is 1. The zero-order valence-electron chi connectivity index (χ0n) is 13.5. The molecule has 0 fully saturated rings. The first-order valence-electron chi connectivity index (χ1n) is 7.49. The number of hydrogen-bond acceptors (Lipinski definition) is 4. The van der Waals surface area contributed by atoms with Crippen molar-refractivity contribution in [2.75, 3.05) is 0 Å². The van der Waals surface area contributed by atoms with Crippen molar-refractivity contribution in [2.45, 2.75) is 19.4 Å². The number of nitrogens with one attached hydrogen (secondary N) is 1. The maximum Gasteiger partial charge on any atom is 0.308 e. The normalized spacial score (nSPS) is 11.4. The first-order chi connectivity index (χ1) is 11.9. The second-order valence-electron chi connectivity index (χ2n) is 5.34. The van der Waals surface area contributed by atoms with Gasteiger partial charge in [0.15, 0.2) is 0 Å². The third-order valence-corrected chi connectivity index (χ3v) is 4.46. The highest BCUT2D eigenvalue weighted by Gasteiger charge is 2.20. The van der Waals surface area contributed by atoms with Gasteiger partial charge < -0.3 is 15.8 Å². The number of amides is 2. The molecule has 0 aliphatic heterocycles. The molecule has 1 atom stereocenters. The highest BCUT2D eigenvalue weighted by Crippen LogP contribution is 2.15. The first-order valence-corrected chi connectivity index (χ1v) is 8.56. The summed E-state index contributed by atoms with van der Waals surface area (Å²) in [7, 11) is 0. The Morgan fingerprint density at radius 1 is 1.12 bits per heavy atom. The van der Waals surface area contributed by atoms with Gasteiger partial charge in [-0.25, -0.2) is 0 Å². The van der Waals surface area contributed by atoms with Crippen LogP contribution in [-0.4, -0.2) is 23.8 Å². The average molecular weight is 452 g/mol. The predicted molar refractivity (Wildman–Crippen MR) is 101 cm³/mol. The molecule has 7 heteroatoms. The van der Waals surface area contributed by atoms with Crippen LogP contribution in [0.15, 0.2) is 48.5 Å². The second kappa shape index (κ2) is 8.61. The molecule has 0 aliphatic carbocycles. The largest absolute Gasteiger partial charge is 0.427 e. The molecule has 0 heterocycles. The zero-order chi connectivity index (χ0) is 18.4. The Morgan fingerprint density at radius 3 is 2.32 bits per heavy atom. The van der Waals surface area contributed by atoms with E-state index in [2.05, 4.69) is 27.9 Å². The van der Waals surface area contributed by atoms with Crippen LogP contribution in [0.3, 0.4) is 0 Å². The van der Waals surface area contributed by atoms with E-state index in [0.717, 1.165) is 9.13 Å². The van der Waals surface area contributed by atoms with Crippen molar-refractivity contribution in [3.05, 3.63) is 63.2 Å². The molecule has 0 unspecified atom stereocenters. The fourth-order valence-electron chi connectivity index (χ4n) is 2.19.